The predicted molar refractivity (Wildman–Crippen MR) is 50.7 cm³/mol. The van der Waals surface area contributed by atoms with Gasteiger partial charge in [-0.15, -0.1) is 0 Å². The van der Waals surface area contributed by atoms with Crippen LogP contribution in [0.1, 0.15) is 0 Å². The quantitative estimate of drug-likeness (QED) is 0.706. The fourth-order valence-corrected chi connectivity index (χ4v) is 1.08. The van der Waals surface area contributed by atoms with Crippen molar-refractivity contribution in [3.63, 3.8) is 0 Å². The summed E-state index contributed by atoms with van der Waals surface area (Å²) in [5, 5.41) is 0. The summed E-state index contributed by atoms with van der Waals surface area (Å²) in [6.45, 7) is 0. The van der Waals surface area contributed by atoms with Gasteiger partial charge in [-0.3, -0.25) is 0 Å². The summed E-state index contributed by atoms with van der Waals surface area (Å²) in [4.78, 5) is 7.83. The van der Waals surface area contributed by atoms with Crippen LogP contribution < -0.4 is 5.73 Å². The number of anilines is 1. The summed E-state index contributed by atoms with van der Waals surface area (Å²) in [6, 6.07) is 12.7. The molecule has 2 rings (SSSR count). The Kier molecular flexibility index (Phi) is 1.92. The van der Waals surface area contributed by atoms with E-state index in [1.165, 1.54) is 6.20 Å². The minimum Gasteiger partial charge on any atom is -0.368 e. The van der Waals surface area contributed by atoms with Gasteiger partial charge in [0.05, 0.1) is 5.69 Å². The Morgan fingerprint density at radius 1 is 1.15 bits per heavy atom. The van der Waals surface area contributed by atoms with Crippen molar-refractivity contribution in [1.29, 1.82) is 0 Å². The Hall–Kier alpha value is -1.90. The van der Waals surface area contributed by atoms with Gasteiger partial charge < -0.3 is 5.73 Å². The molecule has 1 radical (unpaired) electrons. The Morgan fingerprint density at radius 2 is 1.92 bits per heavy atom. The van der Waals surface area contributed by atoms with Crippen LogP contribution >= 0.6 is 0 Å². The lowest BCUT2D eigenvalue weighted by molar-refractivity contribution is 1.18. The largest absolute Gasteiger partial charge is 0.368 e. The van der Waals surface area contributed by atoms with E-state index in [9.17, 15) is 0 Å². The van der Waals surface area contributed by atoms with Crippen LogP contribution in [0.25, 0.3) is 11.3 Å². The summed E-state index contributed by atoms with van der Waals surface area (Å²) in [5.41, 5.74) is 7.18. The number of benzene rings is 1. The van der Waals surface area contributed by atoms with Crippen LogP contribution in [0.15, 0.2) is 36.5 Å². The van der Waals surface area contributed by atoms with Crippen molar-refractivity contribution < 1.29 is 0 Å². The third-order valence-electron chi connectivity index (χ3n) is 1.67. The molecule has 0 saturated heterocycles. The lowest BCUT2D eigenvalue weighted by Gasteiger charge is -1.98. The number of rotatable bonds is 1. The second kappa shape index (κ2) is 3.23. The first-order chi connectivity index (χ1) is 6.36. The van der Waals surface area contributed by atoms with E-state index in [0.717, 1.165) is 11.3 Å². The molecule has 0 amide bonds. The van der Waals surface area contributed by atoms with Gasteiger partial charge in [0.1, 0.15) is 0 Å². The lowest BCUT2D eigenvalue weighted by Crippen LogP contribution is -1.95. The normalized spacial score (nSPS) is 9.85. The lowest BCUT2D eigenvalue weighted by atomic mass is 10.1. The van der Waals surface area contributed by atoms with Crippen molar-refractivity contribution in [1.82, 2.24) is 9.97 Å². The molecule has 2 aromatic rings. The molecule has 3 nitrogen and oxygen atoms in total. The molecule has 1 aromatic carbocycles. The Labute approximate surface area is 76.3 Å². The van der Waals surface area contributed by atoms with Crippen molar-refractivity contribution in [2.24, 2.45) is 0 Å². The molecule has 1 heterocycles. The van der Waals surface area contributed by atoms with E-state index in [1.54, 1.807) is 0 Å². The smallest absolute Gasteiger partial charge is 0.220 e. The van der Waals surface area contributed by atoms with Crippen molar-refractivity contribution in [3.05, 3.63) is 42.6 Å². The molecule has 3 heteroatoms. The average Bonchev–Trinajstić information content (AvgIpc) is 2.19. The van der Waals surface area contributed by atoms with Crippen LogP contribution in [-0.2, 0) is 0 Å². The molecule has 63 valence electrons. The molecule has 0 saturated carbocycles. The Balaban J connectivity index is 2.48. The van der Waals surface area contributed by atoms with Gasteiger partial charge in [-0.2, -0.15) is 0 Å². The van der Waals surface area contributed by atoms with Crippen molar-refractivity contribution in [2.45, 2.75) is 0 Å². The van der Waals surface area contributed by atoms with E-state index in [4.69, 9.17) is 5.73 Å². The highest BCUT2D eigenvalue weighted by molar-refractivity contribution is 5.58. The first-order valence-electron chi connectivity index (χ1n) is 3.92. The van der Waals surface area contributed by atoms with Crippen LogP contribution in [0, 0.1) is 6.07 Å². The van der Waals surface area contributed by atoms with Gasteiger partial charge in [-0.05, 0) is 0 Å². The molecule has 0 unspecified atom stereocenters. The zero-order valence-electron chi connectivity index (χ0n) is 6.94. The zero-order valence-corrected chi connectivity index (χ0v) is 6.94. The van der Waals surface area contributed by atoms with Gasteiger partial charge in [0.2, 0.25) is 5.95 Å². The highest BCUT2D eigenvalue weighted by Crippen LogP contribution is 2.14. The second-order valence-corrected chi connectivity index (χ2v) is 2.59. The maximum Gasteiger partial charge on any atom is 0.220 e. The number of nitrogen functional groups attached to an aromatic ring is 1. The van der Waals surface area contributed by atoms with Crippen LogP contribution in [-0.4, -0.2) is 9.97 Å². The fraction of sp³-hybridized carbons (Fsp3) is 0. The first kappa shape index (κ1) is 7.73. The van der Waals surface area contributed by atoms with Crippen LogP contribution in [0.2, 0.25) is 0 Å². The van der Waals surface area contributed by atoms with Crippen molar-refractivity contribution >= 4 is 5.95 Å². The third kappa shape index (κ3) is 1.64. The highest BCUT2D eigenvalue weighted by Gasteiger charge is 1.98. The summed E-state index contributed by atoms with van der Waals surface area (Å²) in [7, 11) is 0. The molecular formula is C10H8N3. The predicted octanol–water partition coefficient (Wildman–Crippen LogP) is 1.53. The van der Waals surface area contributed by atoms with E-state index in [0.29, 0.717) is 0 Å². The monoisotopic (exact) mass is 170 g/mol. The topological polar surface area (TPSA) is 51.8 Å². The molecule has 1 aromatic heterocycles. The van der Waals surface area contributed by atoms with E-state index in [1.807, 2.05) is 30.3 Å². The molecule has 0 aliphatic rings. The van der Waals surface area contributed by atoms with E-state index < -0.39 is 0 Å². The molecule has 0 spiro atoms. The number of nitrogens with two attached hydrogens (primary N) is 1. The van der Waals surface area contributed by atoms with Gasteiger partial charge in [0, 0.05) is 17.8 Å². The molecule has 0 aliphatic carbocycles. The first-order valence-corrected chi connectivity index (χ1v) is 3.92. The maximum atomic E-state index is 5.45. The van der Waals surface area contributed by atoms with Crippen molar-refractivity contribution in [2.75, 3.05) is 5.73 Å². The third-order valence-corrected chi connectivity index (χ3v) is 1.67. The summed E-state index contributed by atoms with van der Waals surface area (Å²) in [5.74, 6) is 0.276. The molecule has 0 bridgehead atoms. The van der Waals surface area contributed by atoms with E-state index in [2.05, 4.69) is 16.0 Å². The molecule has 0 aliphatic heterocycles. The fourth-order valence-electron chi connectivity index (χ4n) is 1.08. The molecule has 13 heavy (non-hydrogen) atoms. The highest BCUT2D eigenvalue weighted by atomic mass is 15.0. The van der Waals surface area contributed by atoms with E-state index in [-0.39, 0.29) is 5.95 Å². The molecular weight excluding hydrogens is 162 g/mol. The summed E-state index contributed by atoms with van der Waals surface area (Å²) in [6.07, 6.45) is 1.53. The van der Waals surface area contributed by atoms with Crippen molar-refractivity contribution in [3.8, 4) is 11.3 Å². The van der Waals surface area contributed by atoms with Gasteiger partial charge >= 0.3 is 0 Å². The number of hydrogen-bond acceptors (Lipinski definition) is 3. The van der Waals surface area contributed by atoms with E-state index >= 15 is 0 Å². The molecule has 0 atom stereocenters. The number of aromatic nitrogens is 2. The van der Waals surface area contributed by atoms with Gasteiger partial charge in [0.15, 0.2) is 0 Å². The maximum absolute atomic E-state index is 5.45. The van der Waals surface area contributed by atoms with Gasteiger partial charge in [-0.25, -0.2) is 9.97 Å². The summed E-state index contributed by atoms with van der Waals surface area (Å²) >= 11 is 0. The second-order valence-electron chi connectivity index (χ2n) is 2.59. The van der Waals surface area contributed by atoms with Gasteiger partial charge in [0.25, 0.3) is 0 Å². The Morgan fingerprint density at radius 3 is 2.62 bits per heavy atom. The van der Waals surface area contributed by atoms with Crippen LogP contribution in [0.5, 0.6) is 0 Å². The average molecular weight is 170 g/mol. The number of nitrogens with zero attached hydrogens (tertiary/aromatic N) is 2. The summed E-state index contributed by atoms with van der Waals surface area (Å²) < 4.78 is 0. The Bertz CT molecular complexity index is 398. The van der Waals surface area contributed by atoms with Gasteiger partial charge in [-0.1, -0.05) is 30.3 Å². The zero-order chi connectivity index (χ0) is 9.10. The van der Waals surface area contributed by atoms with Crippen LogP contribution in [0.3, 0.4) is 0 Å². The molecule has 2 N–H and O–H groups in total. The molecule has 0 fully saturated rings. The van der Waals surface area contributed by atoms with Crippen LogP contribution in [0.4, 0.5) is 5.95 Å². The standard InChI is InChI=1S/C10H8N3/c11-10-12-7-6-9(13-10)8-4-2-1-3-5-8/h1-5,7H,(H2,11,12,13). The minimum atomic E-state index is 0.276. The number of hydrogen-bond donors (Lipinski definition) is 1. The minimum absolute atomic E-state index is 0.276. The SMILES string of the molecule is Nc1nc[c]c(-c2ccccc2)n1.